The van der Waals surface area contributed by atoms with Crippen molar-refractivity contribution >= 4 is 16.6 Å². The van der Waals surface area contributed by atoms with Gasteiger partial charge in [0.1, 0.15) is 18.1 Å². The summed E-state index contributed by atoms with van der Waals surface area (Å²) < 4.78 is 12.5. The van der Waals surface area contributed by atoms with Gasteiger partial charge in [0.2, 0.25) is 0 Å². The predicted molar refractivity (Wildman–Crippen MR) is 113 cm³/mol. The molecule has 3 aromatic carbocycles. The molecule has 0 amide bonds. The lowest BCUT2D eigenvalue weighted by Crippen LogP contribution is -2.24. The van der Waals surface area contributed by atoms with Gasteiger partial charge in [0.15, 0.2) is 0 Å². The van der Waals surface area contributed by atoms with Gasteiger partial charge in [0, 0.05) is 11.8 Å². The van der Waals surface area contributed by atoms with Gasteiger partial charge in [-0.05, 0) is 42.0 Å². The van der Waals surface area contributed by atoms with Gasteiger partial charge in [-0.3, -0.25) is 9.36 Å². The van der Waals surface area contributed by atoms with Crippen molar-refractivity contribution in [3.8, 4) is 11.5 Å². The molecule has 29 heavy (non-hydrogen) atoms. The summed E-state index contributed by atoms with van der Waals surface area (Å²) in [7, 11) is 1.59. The zero-order valence-corrected chi connectivity index (χ0v) is 16.0. The van der Waals surface area contributed by atoms with Crippen LogP contribution < -0.4 is 20.3 Å². The fourth-order valence-corrected chi connectivity index (χ4v) is 2.96. The van der Waals surface area contributed by atoms with Gasteiger partial charge in [-0.2, -0.15) is 0 Å². The topological polar surface area (TPSA) is 65.4 Å². The fourth-order valence-electron chi connectivity index (χ4n) is 2.96. The molecule has 0 bridgehead atoms. The van der Waals surface area contributed by atoms with Crippen LogP contribution >= 0.6 is 0 Å². The molecule has 0 fully saturated rings. The Labute approximate surface area is 168 Å². The molecule has 146 valence electrons. The second kappa shape index (κ2) is 8.48. The predicted octanol–water partition coefficient (Wildman–Crippen LogP) is 4.05. The van der Waals surface area contributed by atoms with E-state index >= 15 is 0 Å². The lowest BCUT2D eigenvalue weighted by molar-refractivity contribution is 0.306. The minimum Gasteiger partial charge on any atom is -0.497 e. The van der Waals surface area contributed by atoms with Gasteiger partial charge in [-0.25, -0.2) is 4.98 Å². The van der Waals surface area contributed by atoms with E-state index in [9.17, 15) is 4.79 Å². The second-order valence-electron chi connectivity index (χ2n) is 6.54. The molecule has 1 N–H and O–H groups in total. The zero-order chi connectivity index (χ0) is 20.1. The number of anilines is 1. The second-order valence-corrected chi connectivity index (χ2v) is 6.54. The number of nitrogens with one attached hydrogen (secondary N) is 1. The van der Waals surface area contributed by atoms with Crippen molar-refractivity contribution in [1.82, 2.24) is 9.55 Å². The fraction of sp³-hybridized carbons (Fsp3) is 0.130. The lowest BCUT2D eigenvalue weighted by atomic mass is 10.2. The van der Waals surface area contributed by atoms with Gasteiger partial charge >= 0.3 is 0 Å². The standard InChI is InChI=1S/C23H21N3O3/c1-28-20-11-12-21-22(13-20)25-16-26(23(21)27)15-24-18-7-9-19(10-8-18)29-14-17-5-3-2-4-6-17/h2-13,16,24H,14-15H2,1H3. The van der Waals surface area contributed by atoms with E-state index in [2.05, 4.69) is 10.3 Å². The number of nitrogens with zero attached hydrogens (tertiary/aromatic N) is 2. The first-order valence-electron chi connectivity index (χ1n) is 9.27. The molecule has 0 atom stereocenters. The summed E-state index contributed by atoms with van der Waals surface area (Å²) >= 11 is 0. The largest absolute Gasteiger partial charge is 0.497 e. The maximum absolute atomic E-state index is 12.6. The van der Waals surface area contributed by atoms with Crippen LogP contribution in [0.15, 0.2) is 83.9 Å². The van der Waals surface area contributed by atoms with E-state index in [0.29, 0.717) is 29.9 Å². The van der Waals surface area contributed by atoms with Crippen LogP contribution in [0, 0.1) is 0 Å². The Hall–Kier alpha value is -3.80. The van der Waals surface area contributed by atoms with E-state index in [1.54, 1.807) is 25.3 Å². The van der Waals surface area contributed by atoms with Gasteiger partial charge in [-0.1, -0.05) is 30.3 Å². The summed E-state index contributed by atoms with van der Waals surface area (Å²) in [5, 5.41) is 3.79. The SMILES string of the molecule is COc1ccc2c(=O)n(CNc3ccc(OCc4ccccc4)cc3)cnc2c1. The van der Waals surface area contributed by atoms with Crippen LogP contribution in [-0.2, 0) is 13.3 Å². The molecule has 0 unspecified atom stereocenters. The van der Waals surface area contributed by atoms with Crippen LogP contribution in [0.25, 0.3) is 10.9 Å². The van der Waals surface area contributed by atoms with Gasteiger partial charge in [-0.15, -0.1) is 0 Å². The Morgan fingerprint density at radius 2 is 1.72 bits per heavy atom. The third-order valence-corrected chi connectivity index (χ3v) is 4.59. The number of hydrogen-bond donors (Lipinski definition) is 1. The van der Waals surface area contributed by atoms with Crippen LogP contribution in [0.3, 0.4) is 0 Å². The monoisotopic (exact) mass is 387 g/mol. The third kappa shape index (κ3) is 4.38. The summed E-state index contributed by atoms with van der Waals surface area (Å²) in [4.78, 5) is 17.0. The first-order chi connectivity index (χ1) is 14.2. The molecule has 0 saturated carbocycles. The van der Waals surface area contributed by atoms with Crippen molar-refractivity contribution in [2.75, 3.05) is 12.4 Å². The number of rotatable bonds is 7. The molecule has 0 spiro atoms. The molecule has 0 aliphatic heterocycles. The highest BCUT2D eigenvalue weighted by Gasteiger charge is 2.05. The summed E-state index contributed by atoms with van der Waals surface area (Å²) in [6.07, 6.45) is 1.54. The highest BCUT2D eigenvalue weighted by atomic mass is 16.5. The first-order valence-corrected chi connectivity index (χ1v) is 9.27. The number of hydrogen-bond acceptors (Lipinski definition) is 5. The zero-order valence-electron chi connectivity index (χ0n) is 16.0. The van der Waals surface area contributed by atoms with E-state index in [1.807, 2.05) is 54.6 Å². The van der Waals surface area contributed by atoms with E-state index in [1.165, 1.54) is 10.9 Å². The maximum atomic E-state index is 12.6. The molecule has 4 rings (SSSR count). The van der Waals surface area contributed by atoms with Crippen molar-refractivity contribution in [3.05, 3.63) is 95.0 Å². The molecule has 0 aliphatic rings. The van der Waals surface area contributed by atoms with Crippen molar-refractivity contribution in [3.63, 3.8) is 0 Å². The Morgan fingerprint density at radius 3 is 2.48 bits per heavy atom. The van der Waals surface area contributed by atoms with E-state index in [-0.39, 0.29) is 5.56 Å². The van der Waals surface area contributed by atoms with Gasteiger partial charge in [0.25, 0.3) is 5.56 Å². The van der Waals surface area contributed by atoms with Crippen molar-refractivity contribution < 1.29 is 9.47 Å². The summed E-state index contributed by atoms with van der Waals surface area (Å²) in [6, 6.07) is 22.9. The number of benzene rings is 3. The van der Waals surface area contributed by atoms with E-state index in [4.69, 9.17) is 9.47 Å². The molecule has 1 aromatic heterocycles. The molecular weight excluding hydrogens is 366 g/mol. The van der Waals surface area contributed by atoms with Gasteiger partial charge < -0.3 is 14.8 Å². The number of ether oxygens (including phenoxy) is 2. The van der Waals surface area contributed by atoms with Crippen LogP contribution in [-0.4, -0.2) is 16.7 Å². The van der Waals surface area contributed by atoms with Crippen molar-refractivity contribution in [2.45, 2.75) is 13.3 Å². The Morgan fingerprint density at radius 1 is 0.966 bits per heavy atom. The van der Waals surface area contributed by atoms with Crippen molar-refractivity contribution in [2.24, 2.45) is 0 Å². The minimum atomic E-state index is -0.104. The summed E-state index contributed by atoms with van der Waals surface area (Å²) in [5.74, 6) is 1.47. The normalized spacial score (nSPS) is 10.7. The first kappa shape index (κ1) is 18.6. The molecule has 4 aromatic rings. The third-order valence-electron chi connectivity index (χ3n) is 4.59. The molecule has 6 nitrogen and oxygen atoms in total. The van der Waals surface area contributed by atoms with Crippen LogP contribution in [0.4, 0.5) is 5.69 Å². The van der Waals surface area contributed by atoms with E-state index < -0.39 is 0 Å². The average molecular weight is 387 g/mol. The molecular formula is C23H21N3O3. The summed E-state index contributed by atoms with van der Waals surface area (Å²) in [6.45, 7) is 0.842. The number of aromatic nitrogens is 2. The highest BCUT2D eigenvalue weighted by molar-refractivity contribution is 5.78. The quantitative estimate of drug-likeness (QED) is 0.518. The summed E-state index contributed by atoms with van der Waals surface area (Å²) in [5.41, 5.74) is 2.52. The van der Waals surface area contributed by atoms with Gasteiger partial charge in [0.05, 0.1) is 31.0 Å². The smallest absolute Gasteiger partial charge is 0.262 e. The van der Waals surface area contributed by atoms with Crippen molar-refractivity contribution in [1.29, 1.82) is 0 Å². The maximum Gasteiger partial charge on any atom is 0.262 e. The Kier molecular flexibility index (Phi) is 5.42. The Balaban J connectivity index is 1.40. The molecule has 0 aliphatic carbocycles. The molecule has 1 heterocycles. The molecule has 0 saturated heterocycles. The molecule has 0 radical (unpaired) electrons. The highest BCUT2D eigenvalue weighted by Crippen LogP contribution is 2.18. The van der Waals surface area contributed by atoms with Crippen LogP contribution in [0.5, 0.6) is 11.5 Å². The molecule has 6 heteroatoms. The minimum absolute atomic E-state index is 0.104. The number of fused-ring (bicyclic) bond motifs is 1. The van der Waals surface area contributed by atoms with E-state index in [0.717, 1.165) is 17.0 Å². The lowest BCUT2D eigenvalue weighted by Gasteiger charge is -2.11. The van der Waals surface area contributed by atoms with Crippen LogP contribution in [0.1, 0.15) is 5.56 Å². The van der Waals surface area contributed by atoms with Crippen LogP contribution in [0.2, 0.25) is 0 Å². The Bertz CT molecular complexity index is 1160. The number of methoxy groups -OCH3 is 1. The average Bonchev–Trinajstić information content (AvgIpc) is 2.78.